The molecule has 2 aromatic carbocycles. The molecule has 1 N–H and O–H groups in total. The van der Waals surface area contributed by atoms with E-state index in [9.17, 15) is 14.4 Å². The average molecular weight is 601 g/mol. The molecule has 2 saturated heterocycles. The number of rotatable bonds is 13. The maximum Gasteiger partial charge on any atom is 0.306 e. The number of likely N-dealkylation sites (tertiary alicyclic amines) is 2. The van der Waals surface area contributed by atoms with Crippen LogP contribution < -0.4 is 10.1 Å². The largest absolute Gasteiger partial charge is 0.496 e. The van der Waals surface area contributed by atoms with Crippen LogP contribution in [-0.2, 0) is 25.7 Å². The first-order valence-electron chi connectivity index (χ1n) is 13.8. The zero-order valence-corrected chi connectivity index (χ0v) is 24.2. The molecule has 0 radical (unpaired) electrons. The number of esters is 1. The van der Waals surface area contributed by atoms with Crippen LogP contribution in [0.5, 0.6) is 5.75 Å². The molecule has 8 nitrogen and oxygen atoms in total. The van der Waals surface area contributed by atoms with Crippen molar-refractivity contribution in [3.05, 3.63) is 64.1 Å². The monoisotopic (exact) mass is 599 g/mol. The van der Waals surface area contributed by atoms with E-state index >= 15 is 0 Å². The van der Waals surface area contributed by atoms with Gasteiger partial charge in [-0.25, -0.2) is 0 Å². The average Bonchev–Trinajstić information content (AvgIpc) is 3.56. The summed E-state index contributed by atoms with van der Waals surface area (Å²) in [6, 6.07) is 14.8. The van der Waals surface area contributed by atoms with Gasteiger partial charge in [0.1, 0.15) is 18.9 Å². The Labute approximate surface area is 239 Å². The number of ether oxygens (including phenoxy) is 2. The molecule has 0 bridgehead atoms. The van der Waals surface area contributed by atoms with Crippen molar-refractivity contribution in [3.63, 3.8) is 0 Å². The first kappa shape index (κ1) is 29.1. The van der Waals surface area contributed by atoms with Gasteiger partial charge in [0.05, 0.1) is 25.5 Å². The molecule has 0 saturated carbocycles. The van der Waals surface area contributed by atoms with Crippen LogP contribution in [0.3, 0.4) is 0 Å². The lowest BCUT2D eigenvalue weighted by Gasteiger charge is -2.25. The van der Waals surface area contributed by atoms with Gasteiger partial charge in [0.2, 0.25) is 11.8 Å². The van der Waals surface area contributed by atoms with E-state index in [1.165, 1.54) is 25.9 Å². The molecule has 0 spiro atoms. The van der Waals surface area contributed by atoms with Crippen LogP contribution in [0.4, 0.5) is 0 Å². The van der Waals surface area contributed by atoms with Crippen molar-refractivity contribution in [1.82, 2.24) is 15.1 Å². The second-order valence-corrected chi connectivity index (χ2v) is 11.2. The van der Waals surface area contributed by atoms with Gasteiger partial charge in [0, 0.05) is 16.6 Å². The Bertz CT molecular complexity index is 1120. The number of carbonyl (C=O) groups is 3. The Morgan fingerprint density at radius 1 is 1.05 bits per heavy atom. The minimum atomic E-state index is -0.544. The molecular formula is C30H38BrN3O5. The van der Waals surface area contributed by atoms with Crippen molar-refractivity contribution in [2.75, 3.05) is 39.8 Å². The van der Waals surface area contributed by atoms with Gasteiger partial charge in [0.15, 0.2) is 0 Å². The van der Waals surface area contributed by atoms with Crippen molar-refractivity contribution in [2.45, 2.75) is 51.2 Å². The molecule has 2 fully saturated rings. The Kier molecular flexibility index (Phi) is 10.8. The number of benzene rings is 2. The second-order valence-electron chi connectivity index (χ2n) is 10.2. The van der Waals surface area contributed by atoms with Crippen molar-refractivity contribution in [1.29, 1.82) is 0 Å². The molecular weight excluding hydrogens is 562 g/mol. The second kappa shape index (κ2) is 14.5. The predicted molar refractivity (Wildman–Crippen MR) is 152 cm³/mol. The number of hydrogen-bond acceptors (Lipinski definition) is 6. The van der Waals surface area contributed by atoms with E-state index in [0.29, 0.717) is 18.7 Å². The molecule has 2 amide bonds. The van der Waals surface area contributed by atoms with Gasteiger partial charge in [-0.2, -0.15) is 0 Å². The van der Waals surface area contributed by atoms with Crippen LogP contribution in [0.25, 0.3) is 0 Å². The highest BCUT2D eigenvalue weighted by atomic mass is 79.9. The lowest BCUT2D eigenvalue weighted by molar-refractivity contribution is -0.148. The lowest BCUT2D eigenvalue weighted by Crippen LogP contribution is -2.40. The molecule has 4 rings (SSSR count). The van der Waals surface area contributed by atoms with Crippen LogP contribution in [-0.4, -0.2) is 67.4 Å². The van der Waals surface area contributed by atoms with Crippen LogP contribution in [0, 0.1) is 5.92 Å². The molecule has 0 aromatic heterocycles. The molecule has 0 aliphatic carbocycles. The third-order valence-corrected chi connectivity index (χ3v) is 8.03. The van der Waals surface area contributed by atoms with E-state index in [4.69, 9.17) is 9.47 Å². The summed E-state index contributed by atoms with van der Waals surface area (Å²) in [5, 5.41) is 2.98. The lowest BCUT2D eigenvalue weighted by atomic mass is 9.97. The molecule has 2 heterocycles. The highest BCUT2D eigenvalue weighted by Crippen LogP contribution is 2.38. The number of hydrogen-bond donors (Lipinski definition) is 1. The third-order valence-electron chi connectivity index (χ3n) is 7.50. The van der Waals surface area contributed by atoms with Gasteiger partial charge in [-0.1, -0.05) is 46.3 Å². The number of para-hydroxylation sites is 1. The fourth-order valence-electron chi connectivity index (χ4n) is 5.39. The van der Waals surface area contributed by atoms with Crippen LogP contribution in [0.1, 0.15) is 55.7 Å². The standard InChI is InChI=1S/C30H38BrN3O5/c1-38-27-9-3-2-8-23(27)21-39-29(36)19-24-18-26(22-10-12-25(31)13-11-22)34(30(24)37)20-28(35)32-14-4-5-15-33-16-6-7-17-33/h2-3,8-13,24,26H,4-7,14-21H2,1H3,(H,32,35)/t24-,26-/m1/s1. The molecule has 39 heavy (non-hydrogen) atoms. The number of unbranched alkanes of at least 4 members (excludes halogenated alkanes) is 1. The molecule has 2 aromatic rings. The van der Waals surface area contributed by atoms with E-state index in [1.807, 2.05) is 48.5 Å². The topological polar surface area (TPSA) is 88.2 Å². The number of amides is 2. The number of carbonyl (C=O) groups excluding carboxylic acids is 3. The zero-order valence-electron chi connectivity index (χ0n) is 22.6. The minimum absolute atomic E-state index is 0.0293. The number of methoxy groups -OCH3 is 1. The fourth-order valence-corrected chi connectivity index (χ4v) is 5.66. The van der Waals surface area contributed by atoms with Gasteiger partial charge >= 0.3 is 5.97 Å². The SMILES string of the molecule is COc1ccccc1COC(=O)C[C@H]1C[C@H](c2ccc(Br)cc2)N(CC(=O)NCCCCN2CCCC2)C1=O. The Hall–Kier alpha value is -2.91. The molecule has 9 heteroatoms. The summed E-state index contributed by atoms with van der Waals surface area (Å²) >= 11 is 3.46. The van der Waals surface area contributed by atoms with E-state index in [-0.39, 0.29) is 37.4 Å². The minimum Gasteiger partial charge on any atom is -0.496 e. The summed E-state index contributed by atoms with van der Waals surface area (Å²) in [4.78, 5) is 43.0. The van der Waals surface area contributed by atoms with Crippen LogP contribution >= 0.6 is 15.9 Å². The van der Waals surface area contributed by atoms with Crippen LogP contribution in [0.15, 0.2) is 53.0 Å². The summed E-state index contributed by atoms with van der Waals surface area (Å²) in [5.74, 6) is -0.714. The molecule has 0 unspecified atom stereocenters. The van der Waals surface area contributed by atoms with Crippen molar-refractivity contribution in [2.24, 2.45) is 5.92 Å². The molecule has 2 atom stereocenters. The molecule has 2 aliphatic heterocycles. The van der Waals surface area contributed by atoms with Gasteiger partial charge in [-0.15, -0.1) is 0 Å². The predicted octanol–water partition coefficient (Wildman–Crippen LogP) is 4.47. The molecule has 210 valence electrons. The first-order valence-corrected chi connectivity index (χ1v) is 14.6. The summed E-state index contributed by atoms with van der Waals surface area (Å²) < 4.78 is 11.7. The smallest absolute Gasteiger partial charge is 0.306 e. The maximum atomic E-state index is 13.4. The normalized spacial score (nSPS) is 19.3. The van der Waals surface area contributed by atoms with E-state index in [0.717, 1.165) is 35.0 Å². The van der Waals surface area contributed by atoms with E-state index in [2.05, 4.69) is 26.1 Å². The quantitative estimate of drug-likeness (QED) is 0.270. The summed E-state index contributed by atoms with van der Waals surface area (Å²) in [6.07, 6.45) is 4.93. The first-order chi connectivity index (χ1) is 18.9. The van der Waals surface area contributed by atoms with Gasteiger partial charge in [-0.05, 0) is 75.5 Å². The zero-order chi connectivity index (χ0) is 27.6. The van der Waals surface area contributed by atoms with E-state index < -0.39 is 11.9 Å². The Morgan fingerprint density at radius 2 is 1.79 bits per heavy atom. The Morgan fingerprint density at radius 3 is 2.54 bits per heavy atom. The number of nitrogens with one attached hydrogen (secondary N) is 1. The van der Waals surface area contributed by atoms with Crippen molar-refractivity contribution >= 4 is 33.7 Å². The van der Waals surface area contributed by atoms with Crippen molar-refractivity contribution < 1.29 is 23.9 Å². The van der Waals surface area contributed by atoms with Crippen molar-refractivity contribution in [3.8, 4) is 5.75 Å². The van der Waals surface area contributed by atoms with Gasteiger partial charge < -0.3 is 24.6 Å². The fraction of sp³-hybridized carbons (Fsp3) is 0.500. The maximum absolute atomic E-state index is 13.4. The Balaban J connectivity index is 1.32. The summed E-state index contributed by atoms with van der Waals surface area (Å²) in [7, 11) is 1.57. The van der Waals surface area contributed by atoms with E-state index in [1.54, 1.807) is 12.0 Å². The number of halogens is 1. The number of nitrogens with zero attached hydrogens (tertiary/aromatic N) is 2. The highest BCUT2D eigenvalue weighted by Gasteiger charge is 2.42. The van der Waals surface area contributed by atoms with Gasteiger partial charge in [0.25, 0.3) is 0 Å². The summed E-state index contributed by atoms with van der Waals surface area (Å²) in [5.41, 5.74) is 1.70. The third kappa shape index (κ3) is 8.29. The molecule has 2 aliphatic rings. The van der Waals surface area contributed by atoms with Crippen LogP contribution in [0.2, 0.25) is 0 Å². The van der Waals surface area contributed by atoms with Gasteiger partial charge in [-0.3, -0.25) is 14.4 Å². The summed E-state index contributed by atoms with van der Waals surface area (Å²) in [6.45, 7) is 4.06. The highest BCUT2D eigenvalue weighted by molar-refractivity contribution is 9.10.